The lowest BCUT2D eigenvalue weighted by Gasteiger charge is -2.21. The second-order valence-corrected chi connectivity index (χ2v) is 15.8. The molecule has 0 aromatic heterocycles. The predicted octanol–water partition coefficient (Wildman–Crippen LogP) is 6.64. The molecule has 1 unspecified atom stereocenters. The van der Waals surface area contributed by atoms with Gasteiger partial charge in [-0.15, -0.1) is 0 Å². The van der Waals surface area contributed by atoms with Gasteiger partial charge in [0.1, 0.15) is 17.5 Å². The second-order valence-electron chi connectivity index (χ2n) is 15.8. The topological polar surface area (TPSA) is 162 Å². The fourth-order valence-corrected chi connectivity index (χ4v) is 8.37. The van der Waals surface area contributed by atoms with E-state index in [4.69, 9.17) is 9.47 Å². The summed E-state index contributed by atoms with van der Waals surface area (Å²) < 4.78 is 11.4. The van der Waals surface area contributed by atoms with Crippen molar-refractivity contribution < 1.29 is 33.8 Å². The number of nitrogens with zero attached hydrogens (tertiary/aromatic N) is 2. The summed E-state index contributed by atoms with van der Waals surface area (Å²) in [6, 6.07) is 28.8. The zero-order valence-electron chi connectivity index (χ0n) is 33.6. The molecular weight excluding hydrogens is 749 g/mol. The zero-order chi connectivity index (χ0) is 41.1. The first kappa shape index (κ1) is 41.2. The van der Waals surface area contributed by atoms with E-state index in [1.54, 1.807) is 17.0 Å². The van der Waals surface area contributed by atoms with Crippen molar-refractivity contribution in [3.8, 4) is 22.6 Å². The lowest BCUT2D eigenvalue weighted by Crippen LogP contribution is -2.33. The van der Waals surface area contributed by atoms with E-state index in [1.807, 2.05) is 85.9 Å². The van der Waals surface area contributed by atoms with Crippen LogP contribution < -0.4 is 26.0 Å². The third-order valence-electron chi connectivity index (χ3n) is 11.5. The molecule has 5 N–H and O–H groups in total. The van der Waals surface area contributed by atoms with E-state index in [2.05, 4.69) is 26.2 Å². The van der Waals surface area contributed by atoms with E-state index >= 15 is 0 Å². The average molecular weight is 803 g/mol. The third-order valence-corrected chi connectivity index (χ3v) is 11.5. The molecule has 2 heterocycles. The number of likely N-dealkylation sites (tertiary alicyclic amines) is 1. The summed E-state index contributed by atoms with van der Waals surface area (Å²) in [5, 5.41) is 22.0. The number of benzene rings is 4. The summed E-state index contributed by atoms with van der Waals surface area (Å²) in [4.78, 5) is 54.2. The number of carbonyl (C=O) groups excluding carboxylic acids is 4. The number of hydrogen-bond acceptors (Lipinski definition) is 9. The van der Waals surface area contributed by atoms with Crippen molar-refractivity contribution in [2.75, 3.05) is 62.3 Å². The van der Waals surface area contributed by atoms with Crippen molar-refractivity contribution in [3.05, 3.63) is 102 Å². The van der Waals surface area contributed by atoms with Crippen molar-refractivity contribution in [1.29, 1.82) is 0 Å². The summed E-state index contributed by atoms with van der Waals surface area (Å²) in [7, 11) is 1.83. The Morgan fingerprint density at radius 1 is 0.898 bits per heavy atom. The highest BCUT2D eigenvalue weighted by atomic mass is 16.6. The van der Waals surface area contributed by atoms with Crippen molar-refractivity contribution >= 4 is 40.9 Å². The first-order chi connectivity index (χ1) is 28.7. The molecule has 3 atom stereocenters. The Morgan fingerprint density at radius 3 is 2.42 bits per heavy atom. The third kappa shape index (κ3) is 11.2. The Hall–Kier alpha value is -5.92. The average Bonchev–Trinajstić information content (AvgIpc) is 3.80. The van der Waals surface area contributed by atoms with Crippen molar-refractivity contribution in [1.82, 2.24) is 15.1 Å². The van der Waals surface area contributed by atoms with Gasteiger partial charge < -0.3 is 40.3 Å². The van der Waals surface area contributed by atoms with E-state index in [0.29, 0.717) is 75.1 Å². The van der Waals surface area contributed by atoms with Crippen molar-refractivity contribution in [2.24, 2.45) is 11.8 Å². The largest absolute Gasteiger partial charge is 0.506 e. The molecule has 3 aliphatic rings. The Kier molecular flexibility index (Phi) is 13.8. The van der Waals surface area contributed by atoms with Crippen LogP contribution in [-0.2, 0) is 32.1 Å². The monoisotopic (exact) mass is 802 g/mol. The van der Waals surface area contributed by atoms with Crippen LogP contribution in [0.4, 0.5) is 21.9 Å². The molecule has 59 heavy (non-hydrogen) atoms. The van der Waals surface area contributed by atoms with Crippen LogP contribution in [0.25, 0.3) is 11.1 Å². The minimum Gasteiger partial charge on any atom is -0.506 e. The molecule has 0 bridgehead atoms. The number of phenolic OH excluding ortho intramolecular Hbond substituents is 1. The van der Waals surface area contributed by atoms with Crippen LogP contribution in [0.1, 0.15) is 49.7 Å². The Morgan fingerprint density at radius 2 is 1.64 bits per heavy atom. The summed E-state index contributed by atoms with van der Waals surface area (Å²) in [5.41, 5.74) is 5.74. The minimum absolute atomic E-state index is 0.0153. The number of fused-ring (bicyclic) bond motifs is 2. The van der Waals surface area contributed by atoms with E-state index in [1.165, 1.54) is 0 Å². The maximum atomic E-state index is 12.9. The normalized spacial score (nSPS) is 18.3. The fraction of sp³-hybridized carbons (Fsp3) is 0.391. The number of anilines is 3. The molecule has 13 nitrogen and oxygen atoms in total. The number of unbranched alkanes of at least 4 members (excludes halogenated alkanes) is 1. The zero-order valence-corrected chi connectivity index (χ0v) is 33.6. The van der Waals surface area contributed by atoms with E-state index in [-0.39, 0.29) is 36.2 Å². The first-order valence-corrected chi connectivity index (χ1v) is 20.6. The van der Waals surface area contributed by atoms with Crippen LogP contribution in [0, 0.1) is 11.8 Å². The Bertz CT molecular complexity index is 2080. The number of para-hydroxylation sites is 1. The number of rotatable bonds is 17. The molecular formula is C46H54N6O7. The molecule has 1 saturated heterocycles. The summed E-state index contributed by atoms with van der Waals surface area (Å²) >= 11 is 0. The van der Waals surface area contributed by atoms with Crippen molar-refractivity contribution in [2.45, 2.75) is 57.6 Å². The number of carbonyl (C=O) groups is 4. The van der Waals surface area contributed by atoms with Gasteiger partial charge in [-0.1, -0.05) is 66.7 Å². The second kappa shape index (κ2) is 19.7. The van der Waals surface area contributed by atoms with E-state index in [9.17, 15) is 24.3 Å². The van der Waals surface area contributed by atoms with Crippen LogP contribution >= 0.6 is 0 Å². The molecule has 4 aromatic carbocycles. The van der Waals surface area contributed by atoms with Gasteiger partial charge in [-0.25, -0.2) is 4.79 Å². The van der Waals surface area contributed by atoms with Gasteiger partial charge in [-0.2, -0.15) is 0 Å². The number of hydrogen-bond donors (Lipinski definition) is 5. The standard InChI is InChI=1S/C46H54N6O7/c1-51(23-8-7-13-41(54)48-36-17-14-31(15-18-36)27-47-22-20-33-16-19-40(53)44-45(33)58-30-42(55)50-44)43(56)21-24-52-28-34-25-37(26-35(34)29-52)59-46(57)49-39-12-6-5-11-38(39)32-9-3-2-4-10-32/h2-6,9-12,14-19,34-35,37,47,53H,7-8,13,20-30H2,1H3,(H,48,54)(H,49,57)(H,50,55)/t34-,35+,37?. The van der Waals surface area contributed by atoms with E-state index < -0.39 is 6.09 Å². The minimum atomic E-state index is -0.421. The van der Waals surface area contributed by atoms with Crippen LogP contribution in [0.3, 0.4) is 0 Å². The van der Waals surface area contributed by atoms with Gasteiger partial charge in [0.25, 0.3) is 5.91 Å². The van der Waals surface area contributed by atoms with Gasteiger partial charge in [0.2, 0.25) is 11.8 Å². The molecule has 2 fully saturated rings. The fourth-order valence-electron chi connectivity index (χ4n) is 8.37. The van der Waals surface area contributed by atoms with Crippen LogP contribution in [-0.4, -0.2) is 91.2 Å². The molecule has 4 aromatic rings. The van der Waals surface area contributed by atoms with Gasteiger partial charge in [0, 0.05) is 63.9 Å². The smallest absolute Gasteiger partial charge is 0.411 e. The number of amides is 4. The van der Waals surface area contributed by atoms with E-state index in [0.717, 1.165) is 66.0 Å². The highest BCUT2D eigenvalue weighted by Gasteiger charge is 2.42. The lowest BCUT2D eigenvalue weighted by atomic mass is 10.0. The van der Waals surface area contributed by atoms with Gasteiger partial charge in [-0.3, -0.25) is 19.7 Å². The Balaban J connectivity index is 0.727. The van der Waals surface area contributed by atoms with Gasteiger partial charge in [0.05, 0.1) is 5.69 Å². The van der Waals surface area contributed by atoms with Crippen LogP contribution in [0.5, 0.6) is 11.5 Å². The number of nitrogens with one attached hydrogen (secondary N) is 4. The Labute approximate surface area is 345 Å². The quantitative estimate of drug-likeness (QED) is 0.0583. The number of phenols is 1. The number of aromatic hydroxyl groups is 1. The predicted molar refractivity (Wildman–Crippen MR) is 227 cm³/mol. The summed E-state index contributed by atoms with van der Waals surface area (Å²) in [5.74, 6) is 1.18. The molecule has 310 valence electrons. The molecule has 7 rings (SSSR count). The maximum absolute atomic E-state index is 12.9. The molecule has 4 amide bonds. The van der Waals surface area contributed by atoms with Crippen molar-refractivity contribution in [3.63, 3.8) is 0 Å². The summed E-state index contributed by atoms with van der Waals surface area (Å²) in [6.07, 6.45) is 4.08. The lowest BCUT2D eigenvalue weighted by molar-refractivity contribution is -0.130. The van der Waals surface area contributed by atoms with Crippen LogP contribution in [0.2, 0.25) is 0 Å². The molecule has 13 heteroatoms. The van der Waals surface area contributed by atoms with Gasteiger partial charge in [0.15, 0.2) is 12.4 Å². The van der Waals surface area contributed by atoms with Crippen LogP contribution in [0.15, 0.2) is 91.0 Å². The first-order valence-electron chi connectivity index (χ1n) is 20.6. The SMILES string of the molecule is CN(CCCCC(=O)Nc1ccc(CNCCc2ccc(O)c3c2OCC(=O)N3)cc1)C(=O)CCN1C[C@H]2CC(OC(=O)Nc3ccccc3-c3ccccc3)C[C@H]2C1. The maximum Gasteiger partial charge on any atom is 0.411 e. The summed E-state index contributed by atoms with van der Waals surface area (Å²) in [6.45, 7) is 4.39. The highest BCUT2D eigenvalue weighted by Crippen LogP contribution is 2.40. The van der Waals surface area contributed by atoms with Gasteiger partial charge in [-0.05, 0) is 91.4 Å². The highest BCUT2D eigenvalue weighted by molar-refractivity contribution is 5.97. The molecule has 0 radical (unpaired) electrons. The molecule has 1 aliphatic carbocycles. The molecule has 2 aliphatic heterocycles. The van der Waals surface area contributed by atoms with Gasteiger partial charge >= 0.3 is 6.09 Å². The molecule has 0 spiro atoms. The number of ether oxygens (including phenoxy) is 2. The molecule has 1 saturated carbocycles.